The van der Waals surface area contributed by atoms with Crippen molar-refractivity contribution >= 4 is 44.8 Å². The first-order valence-electron chi connectivity index (χ1n) is 6.21. The van der Waals surface area contributed by atoms with Crippen LogP contribution in [-0.2, 0) is 11.3 Å². The Kier molecular flexibility index (Phi) is 3.98. The average Bonchev–Trinajstić information content (AvgIpc) is 2.45. The van der Waals surface area contributed by atoms with E-state index in [1.807, 2.05) is 6.07 Å². The number of hydrogen-bond donors (Lipinski definition) is 2. The van der Waals surface area contributed by atoms with Crippen molar-refractivity contribution < 1.29 is 9.53 Å². The molecular formula is C14H11BrClN3O2. The summed E-state index contributed by atoms with van der Waals surface area (Å²) < 4.78 is 6.29. The number of anilines is 2. The molecule has 0 radical (unpaired) electrons. The normalized spacial score (nSPS) is 13.1. The summed E-state index contributed by atoms with van der Waals surface area (Å²) in [5.41, 5.74) is 2.35. The third kappa shape index (κ3) is 3.28. The molecule has 2 heterocycles. The highest BCUT2D eigenvalue weighted by Gasteiger charge is 2.18. The first-order valence-corrected chi connectivity index (χ1v) is 7.38. The summed E-state index contributed by atoms with van der Waals surface area (Å²) in [5, 5.41) is 6.47. The van der Waals surface area contributed by atoms with Crippen molar-refractivity contribution in [2.24, 2.45) is 0 Å². The lowest BCUT2D eigenvalue weighted by Gasteiger charge is -2.20. The predicted octanol–water partition coefficient (Wildman–Crippen LogP) is 3.44. The fourth-order valence-electron chi connectivity index (χ4n) is 1.99. The van der Waals surface area contributed by atoms with Gasteiger partial charge in [0.15, 0.2) is 6.61 Å². The third-order valence-corrected chi connectivity index (χ3v) is 3.69. The second-order valence-electron chi connectivity index (χ2n) is 4.53. The van der Waals surface area contributed by atoms with E-state index in [2.05, 4.69) is 31.5 Å². The molecule has 0 atom stereocenters. The van der Waals surface area contributed by atoms with Crippen LogP contribution in [0, 0.1) is 0 Å². The fourth-order valence-corrected chi connectivity index (χ4v) is 2.63. The molecule has 0 bridgehead atoms. The van der Waals surface area contributed by atoms with Crippen LogP contribution in [0.2, 0.25) is 5.02 Å². The molecule has 0 saturated carbocycles. The molecule has 1 aromatic heterocycles. The van der Waals surface area contributed by atoms with E-state index in [0.717, 1.165) is 15.7 Å². The van der Waals surface area contributed by atoms with Gasteiger partial charge < -0.3 is 15.4 Å². The van der Waals surface area contributed by atoms with Crippen molar-refractivity contribution in [3.8, 4) is 5.75 Å². The van der Waals surface area contributed by atoms with Crippen LogP contribution in [0.3, 0.4) is 0 Å². The molecule has 1 aromatic carbocycles. The number of benzene rings is 1. The largest absolute Gasteiger partial charge is 0.482 e. The lowest BCUT2D eigenvalue weighted by atomic mass is 10.2. The fraction of sp³-hybridized carbons (Fsp3) is 0.143. The maximum absolute atomic E-state index is 11.3. The zero-order chi connectivity index (χ0) is 14.8. The van der Waals surface area contributed by atoms with Gasteiger partial charge in [-0.1, -0.05) is 11.6 Å². The number of amides is 1. The summed E-state index contributed by atoms with van der Waals surface area (Å²) in [6.07, 6.45) is 3.51. The molecule has 0 unspecified atom stereocenters. The van der Waals surface area contributed by atoms with Gasteiger partial charge in [-0.2, -0.15) is 0 Å². The lowest BCUT2D eigenvalue weighted by Crippen LogP contribution is -2.25. The summed E-state index contributed by atoms with van der Waals surface area (Å²) in [7, 11) is 0. The Morgan fingerprint density at radius 2 is 2.24 bits per heavy atom. The Morgan fingerprint density at radius 1 is 1.38 bits per heavy atom. The molecule has 3 rings (SSSR count). The zero-order valence-corrected chi connectivity index (χ0v) is 13.2. The van der Waals surface area contributed by atoms with Gasteiger partial charge in [0.2, 0.25) is 0 Å². The minimum absolute atomic E-state index is 0.0175. The van der Waals surface area contributed by atoms with Crippen molar-refractivity contribution in [1.82, 2.24) is 4.98 Å². The van der Waals surface area contributed by atoms with E-state index in [-0.39, 0.29) is 12.5 Å². The van der Waals surface area contributed by atoms with Gasteiger partial charge in [0.1, 0.15) is 5.75 Å². The molecule has 2 aromatic rings. The second kappa shape index (κ2) is 5.91. The molecule has 0 fully saturated rings. The molecule has 0 spiro atoms. The zero-order valence-electron chi connectivity index (χ0n) is 10.8. The summed E-state index contributed by atoms with van der Waals surface area (Å²) >= 11 is 9.59. The molecule has 7 heteroatoms. The van der Waals surface area contributed by atoms with Crippen molar-refractivity contribution in [1.29, 1.82) is 0 Å². The van der Waals surface area contributed by atoms with Crippen LogP contribution in [-0.4, -0.2) is 17.5 Å². The van der Waals surface area contributed by atoms with Gasteiger partial charge in [-0.3, -0.25) is 9.78 Å². The van der Waals surface area contributed by atoms with Crippen LogP contribution in [0.4, 0.5) is 11.4 Å². The number of rotatable bonds is 3. The highest BCUT2D eigenvalue weighted by Crippen LogP contribution is 2.36. The van der Waals surface area contributed by atoms with E-state index in [1.165, 1.54) is 0 Å². The molecule has 1 aliphatic heterocycles. The smallest absolute Gasteiger partial charge is 0.262 e. The average molecular weight is 369 g/mol. The number of fused-ring (bicyclic) bond motifs is 1. The second-order valence-corrected chi connectivity index (χ2v) is 5.85. The van der Waals surface area contributed by atoms with Crippen LogP contribution >= 0.6 is 27.5 Å². The molecule has 0 aliphatic carbocycles. The quantitative estimate of drug-likeness (QED) is 0.871. The molecule has 108 valence electrons. The van der Waals surface area contributed by atoms with E-state index in [0.29, 0.717) is 23.0 Å². The van der Waals surface area contributed by atoms with Crippen LogP contribution in [0.5, 0.6) is 5.75 Å². The Labute approximate surface area is 134 Å². The number of halogens is 2. The Bertz CT molecular complexity index is 709. The molecule has 2 N–H and O–H groups in total. The summed E-state index contributed by atoms with van der Waals surface area (Å²) in [5.74, 6) is 0.424. The van der Waals surface area contributed by atoms with Crippen molar-refractivity contribution in [3.05, 3.63) is 45.7 Å². The molecule has 5 nitrogen and oxygen atoms in total. The SMILES string of the molecule is O=C1COc2cc(NCc3cncc(Br)c3)c(Cl)cc2N1. The van der Waals surface area contributed by atoms with Gasteiger partial charge in [0.25, 0.3) is 5.91 Å². The highest BCUT2D eigenvalue weighted by molar-refractivity contribution is 9.10. The standard InChI is InChI=1S/C14H11BrClN3O2/c15-9-1-8(4-17-6-9)5-18-11-3-13-12(2-10(11)16)19-14(20)7-21-13/h1-4,6,18H,5,7H2,(H,19,20). The first-order chi connectivity index (χ1) is 10.1. The number of ether oxygens (including phenoxy) is 1. The van der Waals surface area contributed by atoms with Gasteiger partial charge in [0.05, 0.1) is 16.4 Å². The Hall–Kier alpha value is -1.79. The van der Waals surface area contributed by atoms with Crippen LogP contribution in [0.15, 0.2) is 35.1 Å². The van der Waals surface area contributed by atoms with E-state index >= 15 is 0 Å². The van der Waals surface area contributed by atoms with E-state index in [4.69, 9.17) is 16.3 Å². The number of hydrogen-bond acceptors (Lipinski definition) is 4. The van der Waals surface area contributed by atoms with Gasteiger partial charge in [-0.25, -0.2) is 0 Å². The Balaban J connectivity index is 1.78. The van der Waals surface area contributed by atoms with Gasteiger partial charge in [-0.15, -0.1) is 0 Å². The molecule has 0 saturated heterocycles. The Morgan fingerprint density at radius 3 is 3.05 bits per heavy atom. The minimum Gasteiger partial charge on any atom is -0.482 e. The van der Waals surface area contributed by atoms with Crippen molar-refractivity contribution in [2.45, 2.75) is 6.54 Å². The minimum atomic E-state index is -0.181. The van der Waals surface area contributed by atoms with Crippen molar-refractivity contribution in [2.75, 3.05) is 17.2 Å². The number of carbonyl (C=O) groups is 1. The monoisotopic (exact) mass is 367 g/mol. The van der Waals surface area contributed by atoms with Crippen molar-refractivity contribution in [3.63, 3.8) is 0 Å². The topological polar surface area (TPSA) is 63.2 Å². The maximum atomic E-state index is 11.3. The maximum Gasteiger partial charge on any atom is 0.262 e. The highest BCUT2D eigenvalue weighted by atomic mass is 79.9. The number of pyridine rings is 1. The van der Waals surface area contributed by atoms with Gasteiger partial charge in [0, 0.05) is 29.5 Å². The van der Waals surface area contributed by atoms with Crippen LogP contribution in [0.1, 0.15) is 5.56 Å². The number of aromatic nitrogens is 1. The molecular weight excluding hydrogens is 358 g/mol. The van der Waals surface area contributed by atoms with Crippen LogP contribution < -0.4 is 15.4 Å². The van der Waals surface area contributed by atoms with Gasteiger partial charge >= 0.3 is 0 Å². The number of carbonyl (C=O) groups excluding carboxylic acids is 1. The van der Waals surface area contributed by atoms with E-state index in [9.17, 15) is 4.79 Å². The number of nitrogens with zero attached hydrogens (tertiary/aromatic N) is 1. The third-order valence-electron chi connectivity index (χ3n) is 2.95. The molecule has 1 amide bonds. The van der Waals surface area contributed by atoms with E-state index < -0.39 is 0 Å². The van der Waals surface area contributed by atoms with Gasteiger partial charge in [-0.05, 0) is 33.6 Å². The summed E-state index contributed by atoms with van der Waals surface area (Å²) in [4.78, 5) is 15.4. The number of nitrogens with one attached hydrogen (secondary N) is 2. The summed E-state index contributed by atoms with van der Waals surface area (Å²) in [6.45, 7) is 0.598. The molecule has 21 heavy (non-hydrogen) atoms. The summed E-state index contributed by atoms with van der Waals surface area (Å²) in [6, 6.07) is 5.43. The van der Waals surface area contributed by atoms with E-state index in [1.54, 1.807) is 24.5 Å². The lowest BCUT2D eigenvalue weighted by molar-refractivity contribution is -0.118. The first kappa shape index (κ1) is 14.2. The van der Waals surface area contributed by atoms with Crippen LogP contribution in [0.25, 0.3) is 0 Å². The predicted molar refractivity (Wildman–Crippen MR) is 84.8 cm³/mol. The molecule has 1 aliphatic rings.